The third-order valence-electron chi connectivity index (χ3n) is 3.81. The van der Waals surface area contributed by atoms with E-state index in [0.717, 1.165) is 43.1 Å². The summed E-state index contributed by atoms with van der Waals surface area (Å²) >= 11 is 0. The maximum absolute atomic E-state index is 5.54. The van der Waals surface area contributed by atoms with Crippen LogP contribution in [0.3, 0.4) is 0 Å². The summed E-state index contributed by atoms with van der Waals surface area (Å²) in [6.45, 7) is 5.22. The Morgan fingerprint density at radius 1 is 1.16 bits per heavy atom. The summed E-state index contributed by atoms with van der Waals surface area (Å²) in [6, 6.07) is 4.50. The molecule has 1 unspecified atom stereocenters. The van der Waals surface area contributed by atoms with Gasteiger partial charge in [-0.3, -0.25) is 0 Å². The van der Waals surface area contributed by atoms with E-state index in [-0.39, 0.29) is 0 Å². The number of ether oxygens (including phenoxy) is 2. The SMILES string of the molecule is COc1cc(C2CCN(C)CCN2)c(OC)cc1C. The number of nitrogens with one attached hydrogen (secondary N) is 1. The average Bonchev–Trinajstić information content (AvgIpc) is 2.63. The molecule has 1 heterocycles. The number of hydrogen-bond acceptors (Lipinski definition) is 4. The Balaban J connectivity index is 2.31. The average molecular weight is 264 g/mol. The molecule has 1 fully saturated rings. The number of nitrogens with zero attached hydrogens (tertiary/aromatic N) is 1. The van der Waals surface area contributed by atoms with Crippen LogP contribution in [-0.2, 0) is 0 Å². The molecule has 1 aliphatic rings. The Morgan fingerprint density at radius 2 is 1.89 bits per heavy atom. The molecule has 1 aromatic rings. The topological polar surface area (TPSA) is 33.7 Å². The van der Waals surface area contributed by atoms with Crippen LogP contribution < -0.4 is 14.8 Å². The van der Waals surface area contributed by atoms with Crippen LogP contribution in [0.25, 0.3) is 0 Å². The number of hydrogen-bond donors (Lipinski definition) is 1. The van der Waals surface area contributed by atoms with Crippen LogP contribution in [0.15, 0.2) is 12.1 Å². The summed E-state index contributed by atoms with van der Waals surface area (Å²) in [7, 11) is 5.61. The first-order valence-corrected chi connectivity index (χ1v) is 6.80. The zero-order valence-electron chi connectivity index (χ0n) is 12.3. The number of rotatable bonds is 3. The summed E-state index contributed by atoms with van der Waals surface area (Å²) in [5.74, 6) is 1.87. The minimum atomic E-state index is 0.328. The molecule has 0 amide bonds. The molecule has 0 aliphatic carbocycles. The van der Waals surface area contributed by atoms with Crippen molar-refractivity contribution in [1.29, 1.82) is 0 Å². The fourth-order valence-electron chi connectivity index (χ4n) is 2.60. The molecule has 1 aliphatic heterocycles. The maximum atomic E-state index is 5.54. The van der Waals surface area contributed by atoms with E-state index in [1.807, 2.05) is 6.92 Å². The van der Waals surface area contributed by atoms with Gasteiger partial charge in [-0.25, -0.2) is 0 Å². The van der Waals surface area contributed by atoms with Crippen LogP contribution in [0.1, 0.15) is 23.6 Å². The second-order valence-electron chi connectivity index (χ2n) is 5.16. The summed E-state index contributed by atoms with van der Waals surface area (Å²) in [6.07, 6.45) is 1.08. The Morgan fingerprint density at radius 3 is 2.58 bits per heavy atom. The molecule has 19 heavy (non-hydrogen) atoms. The van der Waals surface area contributed by atoms with E-state index >= 15 is 0 Å². The molecule has 1 N–H and O–H groups in total. The van der Waals surface area contributed by atoms with E-state index < -0.39 is 0 Å². The molecule has 1 saturated heterocycles. The van der Waals surface area contributed by atoms with E-state index in [1.165, 1.54) is 5.56 Å². The molecule has 0 aromatic heterocycles. The van der Waals surface area contributed by atoms with Crippen molar-refractivity contribution in [2.75, 3.05) is 40.9 Å². The van der Waals surface area contributed by atoms with Crippen molar-refractivity contribution in [1.82, 2.24) is 10.2 Å². The largest absolute Gasteiger partial charge is 0.496 e. The van der Waals surface area contributed by atoms with E-state index in [0.29, 0.717) is 6.04 Å². The van der Waals surface area contributed by atoms with Crippen LogP contribution in [0.4, 0.5) is 0 Å². The molecule has 2 rings (SSSR count). The van der Waals surface area contributed by atoms with Crippen molar-refractivity contribution in [3.8, 4) is 11.5 Å². The zero-order valence-corrected chi connectivity index (χ0v) is 12.3. The van der Waals surface area contributed by atoms with Crippen LogP contribution in [-0.4, -0.2) is 45.8 Å². The van der Waals surface area contributed by atoms with Crippen molar-refractivity contribution < 1.29 is 9.47 Å². The molecule has 4 heteroatoms. The lowest BCUT2D eigenvalue weighted by Crippen LogP contribution is -2.25. The Labute approximate surface area is 115 Å². The number of aryl methyl sites for hydroxylation is 1. The number of likely N-dealkylation sites (N-methyl/N-ethyl adjacent to an activating group) is 1. The first-order valence-electron chi connectivity index (χ1n) is 6.80. The molecule has 0 radical (unpaired) electrons. The van der Waals surface area contributed by atoms with Crippen LogP contribution >= 0.6 is 0 Å². The quantitative estimate of drug-likeness (QED) is 0.905. The van der Waals surface area contributed by atoms with Crippen molar-refractivity contribution >= 4 is 0 Å². The Kier molecular flexibility index (Phi) is 4.66. The highest BCUT2D eigenvalue weighted by molar-refractivity contribution is 5.47. The van der Waals surface area contributed by atoms with Gasteiger partial charge in [-0.2, -0.15) is 0 Å². The van der Waals surface area contributed by atoms with Crippen LogP contribution in [0, 0.1) is 6.92 Å². The minimum Gasteiger partial charge on any atom is -0.496 e. The second kappa shape index (κ2) is 6.26. The molecular weight excluding hydrogens is 240 g/mol. The highest BCUT2D eigenvalue weighted by Crippen LogP contribution is 2.34. The van der Waals surface area contributed by atoms with Crippen molar-refractivity contribution in [3.05, 3.63) is 23.3 Å². The molecule has 106 valence electrons. The normalized spacial score (nSPS) is 20.9. The van der Waals surface area contributed by atoms with Crippen molar-refractivity contribution in [3.63, 3.8) is 0 Å². The molecule has 0 saturated carbocycles. The highest BCUT2D eigenvalue weighted by atomic mass is 16.5. The van der Waals surface area contributed by atoms with Crippen molar-refractivity contribution in [2.24, 2.45) is 0 Å². The minimum absolute atomic E-state index is 0.328. The molecule has 0 bridgehead atoms. The van der Waals surface area contributed by atoms with Crippen LogP contribution in [0.5, 0.6) is 11.5 Å². The van der Waals surface area contributed by atoms with Gasteiger partial charge in [-0.1, -0.05) is 0 Å². The Hall–Kier alpha value is -1.26. The number of benzene rings is 1. The molecule has 4 nitrogen and oxygen atoms in total. The lowest BCUT2D eigenvalue weighted by molar-refractivity contribution is 0.353. The van der Waals surface area contributed by atoms with Gasteiger partial charge in [0.15, 0.2) is 0 Å². The first-order chi connectivity index (χ1) is 9.15. The van der Waals surface area contributed by atoms with Crippen molar-refractivity contribution in [2.45, 2.75) is 19.4 Å². The Bertz CT molecular complexity index is 434. The zero-order chi connectivity index (χ0) is 13.8. The summed E-state index contributed by atoms with van der Waals surface area (Å²) in [4.78, 5) is 2.35. The monoisotopic (exact) mass is 264 g/mol. The fourth-order valence-corrected chi connectivity index (χ4v) is 2.60. The lowest BCUT2D eigenvalue weighted by Gasteiger charge is -2.21. The highest BCUT2D eigenvalue weighted by Gasteiger charge is 2.20. The van der Waals surface area contributed by atoms with Gasteiger partial charge >= 0.3 is 0 Å². The van der Waals surface area contributed by atoms with Gasteiger partial charge in [0.2, 0.25) is 0 Å². The summed E-state index contributed by atoms with van der Waals surface area (Å²) in [5, 5.41) is 3.60. The summed E-state index contributed by atoms with van der Waals surface area (Å²) < 4.78 is 11.0. The maximum Gasteiger partial charge on any atom is 0.124 e. The molecule has 1 atom stereocenters. The van der Waals surface area contributed by atoms with Crippen LogP contribution in [0.2, 0.25) is 0 Å². The third kappa shape index (κ3) is 3.19. The molecule has 0 spiro atoms. The first kappa shape index (κ1) is 14.2. The van der Waals surface area contributed by atoms with E-state index in [4.69, 9.17) is 9.47 Å². The second-order valence-corrected chi connectivity index (χ2v) is 5.16. The molecule has 1 aromatic carbocycles. The van der Waals surface area contributed by atoms with E-state index in [1.54, 1.807) is 14.2 Å². The predicted molar refractivity (Wildman–Crippen MR) is 77.1 cm³/mol. The van der Waals surface area contributed by atoms with Gasteiger partial charge in [0.25, 0.3) is 0 Å². The third-order valence-corrected chi connectivity index (χ3v) is 3.81. The number of methoxy groups -OCH3 is 2. The summed E-state index contributed by atoms with van der Waals surface area (Å²) in [5.41, 5.74) is 2.30. The van der Waals surface area contributed by atoms with Gasteiger partial charge in [-0.05, 0) is 44.6 Å². The lowest BCUT2D eigenvalue weighted by atomic mass is 10.00. The van der Waals surface area contributed by atoms with Gasteiger partial charge in [0.05, 0.1) is 14.2 Å². The van der Waals surface area contributed by atoms with Gasteiger partial charge in [0, 0.05) is 24.7 Å². The standard InChI is InChI=1S/C15H24N2O2/c1-11-9-15(19-4)12(10-14(11)18-3)13-5-7-17(2)8-6-16-13/h9-10,13,16H,5-8H2,1-4H3. The smallest absolute Gasteiger partial charge is 0.124 e. The van der Waals surface area contributed by atoms with E-state index in [9.17, 15) is 0 Å². The molecular formula is C15H24N2O2. The van der Waals surface area contributed by atoms with Gasteiger partial charge < -0.3 is 19.7 Å². The van der Waals surface area contributed by atoms with Gasteiger partial charge in [0.1, 0.15) is 11.5 Å². The van der Waals surface area contributed by atoms with E-state index in [2.05, 4.69) is 29.4 Å². The van der Waals surface area contributed by atoms with Gasteiger partial charge in [-0.15, -0.1) is 0 Å². The fraction of sp³-hybridized carbons (Fsp3) is 0.600. The predicted octanol–water partition coefficient (Wildman–Crippen LogP) is 1.98.